The highest BCUT2D eigenvalue weighted by Crippen LogP contribution is 2.33. The van der Waals surface area contributed by atoms with Crippen LogP contribution in [0.1, 0.15) is 18.4 Å². The molecular weight excluding hydrogens is 164 g/mol. The highest BCUT2D eigenvalue weighted by Gasteiger charge is 2.24. The van der Waals surface area contributed by atoms with Gasteiger partial charge in [-0.25, -0.2) is 0 Å². The molecule has 2 nitrogen and oxygen atoms in total. The lowest BCUT2D eigenvalue weighted by atomic mass is 10.2. The van der Waals surface area contributed by atoms with E-state index in [1.165, 1.54) is 0 Å². The molecule has 69 valence electrons. The van der Waals surface area contributed by atoms with Crippen LogP contribution in [-0.2, 0) is 0 Å². The maximum absolute atomic E-state index is 5.65. The zero-order valence-electron chi connectivity index (χ0n) is 7.75. The summed E-state index contributed by atoms with van der Waals surface area (Å²) in [6.07, 6.45) is 2.73. The molecule has 1 fully saturated rings. The molecule has 0 heterocycles. The van der Waals surface area contributed by atoms with Crippen molar-refractivity contribution in [2.45, 2.75) is 18.9 Å². The topological polar surface area (TPSA) is 18.5 Å². The van der Waals surface area contributed by atoms with E-state index < -0.39 is 0 Å². The minimum atomic E-state index is 0.407. The molecule has 2 heteroatoms. The molecule has 0 bridgehead atoms. The second-order valence-corrected chi connectivity index (χ2v) is 3.30. The fraction of sp³-hybridized carbons (Fsp3) is 0.364. The second-order valence-electron chi connectivity index (χ2n) is 3.30. The zero-order valence-corrected chi connectivity index (χ0v) is 7.75. The SMILES string of the molecule is [CH2]c1ccc(OC2CC2)c(OC)c1. The number of benzene rings is 1. The molecular formula is C11H13O2. The van der Waals surface area contributed by atoms with Crippen LogP contribution in [0.5, 0.6) is 11.5 Å². The smallest absolute Gasteiger partial charge is 0.161 e. The monoisotopic (exact) mass is 177 g/mol. The van der Waals surface area contributed by atoms with Crippen LogP contribution in [0.15, 0.2) is 18.2 Å². The van der Waals surface area contributed by atoms with Crippen LogP contribution in [0.3, 0.4) is 0 Å². The lowest BCUT2D eigenvalue weighted by Crippen LogP contribution is -1.98. The van der Waals surface area contributed by atoms with Crippen molar-refractivity contribution in [3.63, 3.8) is 0 Å². The highest BCUT2D eigenvalue weighted by atomic mass is 16.5. The molecule has 0 unspecified atom stereocenters. The van der Waals surface area contributed by atoms with E-state index >= 15 is 0 Å². The number of rotatable bonds is 3. The average molecular weight is 177 g/mol. The molecule has 0 amide bonds. The van der Waals surface area contributed by atoms with Crippen molar-refractivity contribution in [3.05, 3.63) is 30.7 Å². The molecule has 0 saturated heterocycles. The van der Waals surface area contributed by atoms with Crippen molar-refractivity contribution >= 4 is 0 Å². The van der Waals surface area contributed by atoms with Crippen molar-refractivity contribution in [3.8, 4) is 11.5 Å². The van der Waals surface area contributed by atoms with E-state index in [2.05, 4.69) is 6.92 Å². The summed E-state index contributed by atoms with van der Waals surface area (Å²) in [4.78, 5) is 0. The molecule has 1 aromatic rings. The molecule has 1 saturated carbocycles. The van der Waals surface area contributed by atoms with Gasteiger partial charge in [0, 0.05) is 0 Å². The number of hydrogen-bond acceptors (Lipinski definition) is 2. The van der Waals surface area contributed by atoms with Gasteiger partial charge >= 0.3 is 0 Å². The van der Waals surface area contributed by atoms with Gasteiger partial charge in [-0.3, -0.25) is 0 Å². The Hall–Kier alpha value is -1.18. The summed E-state index contributed by atoms with van der Waals surface area (Å²) in [5, 5.41) is 0. The minimum absolute atomic E-state index is 0.407. The molecule has 1 aromatic carbocycles. The highest BCUT2D eigenvalue weighted by molar-refractivity contribution is 5.44. The van der Waals surface area contributed by atoms with Gasteiger partial charge in [0.1, 0.15) is 0 Å². The number of ether oxygens (including phenoxy) is 2. The molecule has 13 heavy (non-hydrogen) atoms. The summed E-state index contributed by atoms with van der Waals surface area (Å²) in [6, 6.07) is 5.73. The first-order valence-electron chi connectivity index (χ1n) is 4.46. The third-order valence-corrected chi connectivity index (χ3v) is 2.05. The third kappa shape index (κ3) is 1.94. The zero-order chi connectivity index (χ0) is 9.26. The molecule has 0 atom stereocenters. The van der Waals surface area contributed by atoms with Crippen LogP contribution in [-0.4, -0.2) is 13.2 Å². The van der Waals surface area contributed by atoms with Gasteiger partial charge in [0.25, 0.3) is 0 Å². The molecule has 0 aromatic heterocycles. The van der Waals surface area contributed by atoms with Gasteiger partial charge in [0.2, 0.25) is 0 Å². The second kappa shape index (κ2) is 3.29. The van der Waals surface area contributed by atoms with Crippen LogP contribution in [0.2, 0.25) is 0 Å². The maximum Gasteiger partial charge on any atom is 0.161 e. The van der Waals surface area contributed by atoms with Gasteiger partial charge in [0.15, 0.2) is 11.5 Å². The van der Waals surface area contributed by atoms with E-state index in [4.69, 9.17) is 9.47 Å². The lowest BCUT2D eigenvalue weighted by Gasteiger charge is -2.09. The lowest BCUT2D eigenvalue weighted by molar-refractivity contribution is 0.282. The molecule has 0 aliphatic heterocycles. The molecule has 1 radical (unpaired) electrons. The molecule has 2 rings (SSSR count). The fourth-order valence-corrected chi connectivity index (χ4v) is 1.17. The van der Waals surface area contributed by atoms with Crippen LogP contribution in [0.4, 0.5) is 0 Å². The Morgan fingerprint density at radius 2 is 2.08 bits per heavy atom. The van der Waals surface area contributed by atoms with Gasteiger partial charge in [-0.05, 0) is 37.5 Å². The maximum atomic E-state index is 5.65. The predicted octanol–water partition coefficient (Wildman–Crippen LogP) is 2.42. The van der Waals surface area contributed by atoms with Crippen molar-refractivity contribution < 1.29 is 9.47 Å². The van der Waals surface area contributed by atoms with E-state index in [-0.39, 0.29) is 0 Å². The minimum Gasteiger partial charge on any atom is -0.493 e. The van der Waals surface area contributed by atoms with E-state index in [9.17, 15) is 0 Å². The average Bonchev–Trinajstić information content (AvgIpc) is 2.92. The number of hydrogen-bond donors (Lipinski definition) is 0. The Balaban J connectivity index is 2.21. The van der Waals surface area contributed by atoms with Gasteiger partial charge < -0.3 is 9.47 Å². The quantitative estimate of drug-likeness (QED) is 0.706. The van der Waals surface area contributed by atoms with Gasteiger partial charge in [0.05, 0.1) is 13.2 Å². The summed E-state index contributed by atoms with van der Waals surface area (Å²) in [5.41, 5.74) is 0.944. The molecule has 1 aliphatic rings. The van der Waals surface area contributed by atoms with Gasteiger partial charge in [-0.15, -0.1) is 0 Å². The van der Waals surface area contributed by atoms with E-state index in [1.807, 2.05) is 18.2 Å². The molecule has 1 aliphatic carbocycles. The standard InChI is InChI=1S/C11H13O2/c1-8-3-6-10(11(7-8)12-2)13-9-4-5-9/h3,6-7,9H,1,4-5H2,2H3. The van der Waals surface area contributed by atoms with Crippen LogP contribution >= 0.6 is 0 Å². The third-order valence-electron chi connectivity index (χ3n) is 2.05. The van der Waals surface area contributed by atoms with Gasteiger partial charge in [-0.2, -0.15) is 0 Å². The van der Waals surface area contributed by atoms with Crippen molar-refractivity contribution in [2.75, 3.05) is 7.11 Å². The van der Waals surface area contributed by atoms with E-state index in [0.29, 0.717) is 6.10 Å². The fourth-order valence-electron chi connectivity index (χ4n) is 1.17. The Morgan fingerprint density at radius 1 is 1.31 bits per heavy atom. The Bertz CT molecular complexity index is 303. The number of methoxy groups -OCH3 is 1. The Labute approximate surface area is 78.5 Å². The molecule has 0 spiro atoms. The van der Waals surface area contributed by atoms with Crippen LogP contribution in [0.25, 0.3) is 0 Å². The van der Waals surface area contributed by atoms with Crippen LogP contribution in [0, 0.1) is 6.92 Å². The first kappa shape index (κ1) is 8.42. The normalized spacial score (nSPS) is 15.5. The summed E-state index contributed by atoms with van der Waals surface area (Å²) >= 11 is 0. The van der Waals surface area contributed by atoms with Crippen LogP contribution < -0.4 is 9.47 Å². The van der Waals surface area contributed by atoms with Crippen molar-refractivity contribution in [1.29, 1.82) is 0 Å². The summed E-state index contributed by atoms with van der Waals surface area (Å²) in [7, 11) is 1.65. The summed E-state index contributed by atoms with van der Waals surface area (Å²) in [6.45, 7) is 3.83. The van der Waals surface area contributed by atoms with Crippen molar-refractivity contribution in [2.24, 2.45) is 0 Å². The first-order valence-corrected chi connectivity index (χ1v) is 4.46. The molecule has 0 N–H and O–H groups in total. The van der Waals surface area contributed by atoms with Gasteiger partial charge in [-0.1, -0.05) is 6.07 Å². The Morgan fingerprint density at radius 3 is 2.69 bits per heavy atom. The van der Waals surface area contributed by atoms with Crippen molar-refractivity contribution in [1.82, 2.24) is 0 Å². The van der Waals surface area contributed by atoms with E-state index in [1.54, 1.807) is 7.11 Å². The summed E-state index contributed by atoms with van der Waals surface area (Å²) in [5.74, 6) is 1.61. The largest absolute Gasteiger partial charge is 0.493 e. The first-order chi connectivity index (χ1) is 6.29. The predicted molar refractivity (Wildman–Crippen MR) is 51.1 cm³/mol. The summed E-state index contributed by atoms with van der Waals surface area (Å²) < 4.78 is 10.8. The Kier molecular flexibility index (Phi) is 2.13. The van der Waals surface area contributed by atoms with E-state index in [0.717, 1.165) is 29.9 Å².